The monoisotopic (exact) mass is 193 g/mol. The van der Waals surface area contributed by atoms with Gasteiger partial charge in [0.2, 0.25) is 5.89 Å². The van der Waals surface area contributed by atoms with Gasteiger partial charge < -0.3 is 4.42 Å². The zero-order valence-electron chi connectivity index (χ0n) is 7.90. The molecule has 0 unspecified atom stereocenters. The van der Waals surface area contributed by atoms with Crippen LogP contribution >= 0.6 is 0 Å². The lowest BCUT2D eigenvalue weighted by atomic mass is 10.2. The number of hydrogen-bond acceptors (Lipinski definition) is 2. The molecule has 0 aliphatic rings. The third-order valence-electron chi connectivity index (χ3n) is 2.18. The van der Waals surface area contributed by atoms with Gasteiger partial charge in [0.15, 0.2) is 5.58 Å². The van der Waals surface area contributed by atoms with Crippen LogP contribution in [0.4, 0.5) is 0 Å². The van der Waals surface area contributed by atoms with Crippen LogP contribution in [0.15, 0.2) is 46.9 Å². The minimum Gasteiger partial charge on any atom is -0.436 e. The number of rotatable bonds is 1. The molecule has 1 aromatic heterocycles. The van der Waals surface area contributed by atoms with E-state index in [0.717, 1.165) is 16.7 Å². The summed E-state index contributed by atoms with van der Waals surface area (Å²) in [4.78, 5) is 4.33. The molecule has 0 saturated heterocycles. The first-order chi connectivity index (χ1) is 7.43. The number of benzene rings is 2. The summed E-state index contributed by atoms with van der Waals surface area (Å²) in [6, 6.07) is 19.2. The lowest BCUT2D eigenvalue weighted by Crippen LogP contribution is -1.74. The number of oxazole rings is 1. The molecular formula is C13H7NO. The summed E-state index contributed by atoms with van der Waals surface area (Å²) in [6.45, 7) is 0. The van der Waals surface area contributed by atoms with Gasteiger partial charge >= 0.3 is 0 Å². The molecule has 2 heteroatoms. The van der Waals surface area contributed by atoms with E-state index in [1.54, 1.807) is 6.07 Å². The van der Waals surface area contributed by atoms with Crippen molar-refractivity contribution in [3.63, 3.8) is 0 Å². The second kappa shape index (κ2) is 3.24. The Labute approximate surface area is 87.2 Å². The summed E-state index contributed by atoms with van der Waals surface area (Å²) >= 11 is 0. The SMILES string of the molecule is [c]1[c]c2nc(-c3ccccc3)oc2cc1. The Bertz CT molecular complexity index is 551. The van der Waals surface area contributed by atoms with Gasteiger partial charge in [-0.2, -0.15) is 0 Å². The fraction of sp³-hybridized carbons (Fsp3) is 0. The van der Waals surface area contributed by atoms with Crippen LogP contribution in [-0.2, 0) is 0 Å². The third-order valence-corrected chi connectivity index (χ3v) is 2.18. The van der Waals surface area contributed by atoms with Crippen LogP contribution in [0.1, 0.15) is 0 Å². The summed E-state index contributed by atoms with van der Waals surface area (Å²) in [5.74, 6) is 0.626. The average Bonchev–Trinajstić information content (AvgIpc) is 2.74. The van der Waals surface area contributed by atoms with E-state index in [1.807, 2.05) is 36.4 Å². The summed E-state index contributed by atoms with van der Waals surface area (Å²) in [6.07, 6.45) is 0. The van der Waals surface area contributed by atoms with Crippen LogP contribution in [0.5, 0.6) is 0 Å². The molecule has 0 bridgehead atoms. The number of hydrogen-bond donors (Lipinski definition) is 0. The van der Waals surface area contributed by atoms with Crippen molar-refractivity contribution in [3.8, 4) is 11.5 Å². The first-order valence-electron chi connectivity index (χ1n) is 4.68. The summed E-state index contributed by atoms with van der Waals surface area (Å²) in [5, 5.41) is 0. The van der Waals surface area contributed by atoms with Crippen LogP contribution in [0.3, 0.4) is 0 Å². The normalized spacial score (nSPS) is 10.7. The van der Waals surface area contributed by atoms with Crippen LogP contribution < -0.4 is 0 Å². The van der Waals surface area contributed by atoms with Crippen LogP contribution in [0, 0.1) is 12.1 Å². The van der Waals surface area contributed by atoms with E-state index in [0.29, 0.717) is 5.89 Å². The van der Waals surface area contributed by atoms with Crippen molar-refractivity contribution in [2.45, 2.75) is 0 Å². The molecule has 2 nitrogen and oxygen atoms in total. The zero-order valence-corrected chi connectivity index (χ0v) is 7.90. The van der Waals surface area contributed by atoms with E-state index in [9.17, 15) is 0 Å². The van der Waals surface area contributed by atoms with E-state index in [-0.39, 0.29) is 0 Å². The van der Waals surface area contributed by atoms with Gasteiger partial charge in [0.05, 0.1) is 0 Å². The van der Waals surface area contributed by atoms with Crippen LogP contribution in [0.25, 0.3) is 22.6 Å². The Morgan fingerprint density at radius 2 is 1.93 bits per heavy atom. The molecule has 2 radical (unpaired) electrons. The maximum absolute atomic E-state index is 5.59. The first kappa shape index (κ1) is 8.24. The van der Waals surface area contributed by atoms with Crippen molar-refractivity contribution >= 4 is 11.1 Å². The molecule has 0 N–H and O–H groups in total. The lowest BCUT2D eigenvalue weighted by Gasteiger charge is -1.91. The van der Waals surface area contributed by atoms with E-state index in [2.05, 4.69) is 17.1 Å². The predicted molar refractivity (Wildman–Crippen MR) is 57.1 cm³/mol. The van der Waals surface area contributed by atoms with Crippen molar-refractivity contribution < 1.29 is 4.42 Å². The van der Waals surface area contributed by atoms with Gasteiger partial charge in [-0.25, -0.2) is 4.98 Å². The fourth-order valence-corrected chi connectivity index (χ4v) is 1.47. The van der Waals surface area contributed by atoms with Gasteiger partial charge in [0.25, 0.3) is 0 Å². The van der Waals surface area contributed by atoms with Gasteiger partial charge in [-0.05, 0) is 30.3 Å². The molecule has 15 heavy (non-hydrogen) atoms. The summed E-state index contributed by atoms with van der Waals surface area (Å²) < 4.78 is 5.59. The molecule has 0 aliphatic carbocycles. The minimum atomic E-state index is 0.626. The number of fused-ring (bicyclic) bond motifs is 1. The highest BCUT2D eigenvalue weighted by Gasteiger charge is 2.06. The second-order valence-electron chi connectivity index (χ2n) is 3.20. The van der Waals surface area contributed by atoms with Gasteiger partial charge in [-0.1, -0.05) is 18.2 Å². The standard InChI is InChI=1S/C13H7NO/c1-2-6-10(7-3-1)13-14-11-8-4-5-9-12(11)15-13/h1-3,5-7,9H. The Morgan fingerprint density at radius 3 is 2.73 bits per heavy atom. The molecule has 0 spiro atoms. The molecule has 0 fully saturated rings. The average molecular weight is 193 g/mol. The quantitative estimate of drug-likeness (QED) is 0.593. The molecule has 3 aromatic rings. The number of aromatic nitrogens is 1. The maximum Gasteiger partial charge on any atom is 0.227 e. The van der Waals surface area contributed by atoms with Crippen LogP contribution in [-0.4, -0.2) is 4.98 Å². The second-order valence-corrected chi connectivity index (χ2v) is 3.20. The predicted octanol–water partition coefficient (Wildman–Crippen LogP) is 3.10. The van der Waals surface area contributed by atoms with E-state index in [4.69, 9.17) is 4.42 Å². The third kappa shape index (κ3) is 1.40. The molecule has 2 aromatic carbocycles. The molecule has 0 atom stereocenters. The Balaban J connectivity index is 2.21. The highest BCUT2D eigenvalue weighted by atomic mass is 16.3. The largest absolute Gasteiger partial charge is 0.436 e. The highest BCUT2D eigenvalue weighted by Crippen LogP contribution is 2.22. The topological polar surface area (TPSA) is 26.0 Å². The molecule has 0 amide bonds. The minimum absolute atomic E-state index is 0.626. The van der Waals surface area contributed by atoms with E-state index >= 15 is 0 Å². The van der Waals surface area contributed by atoms with Crippen molar-refractivity contribution in [3.05, 3.63) is 54.6 Å². The van der Waals surface area contributed by atoms with Crippen LogP contribution in [0.2, 0.25) is 0 Å². The molecule has 0 saturated carbocycles. The maximum atomic E-state index is 5.59. The lowest BCUT2D eigenvalue weighted by molar-refractivity contribution is 0.620. The molecule has 1 heterocycles. The van der Waals surface area contributed by atoms with Crippen molar-refractivity contribution in [2.24, 2.45) is 0 Å². The summed E-state index contributed by atoms with van der Waals surface area (Å²) in [5.41, 5.74) is 2.44. The van der Waals surface area contributed by atoms with Gasteiger partial charge in [-0.3, -0.25) is 0 Å². The Morgan fingerprint density at radius 1 is 1.07 bits per heavy atom. The highest BCUT2D eigenvalue weighted by molar-refractivity contribution is 5.75. The van der Waals surface area contributed by atoms with Crippen molar-refractivity contribution in [2.75, 3.05) is 0 Å². The van der Waals surface area contributed by atoms with Gasteiger partial charge in [0.1, 0.15) is 5.52 Å². The zero-order chi connectivity index (χ0) is 10.1. The fourth-order valence-electron chi connectivity index (χ4n) is 1.47. The molecular weight excluding hydrogens is 186 g/mol. The van der Waals surface area contributed by atoms with E-state index in [1.165, 1.54) is 0 Å². The van der Waals surface area contributed by atoms with Gasteiger partial charge in [0, 0.05) is 11.6 Å². The molecule has 0 aliphatic heterocycles. The molecule has 3 rings (SSSR count). The molecule has 70 valence electrons. The van der Waals surface area contributed by atoms with Crippen molar-refractivity contribution in [1.29, 1.82) is 0 Å². The summed E-state index contributed by atoms with van der Waals surface area (Å²) in [7, 11) is 0. The first-order valence-corrected chi connectivity index (χ1v) is 4.68. The Hall–Kier alpha value is -2.09. The van der Waals surface area contributed by atoms with Crippen molar-refractivity contribution in [1.82, 2.24) is 4.98 Å². The smallest absolute Gasteiger partial charge is 0.227 e. The number of nitrogens with zero attached hydrogens (tertiary/aromatic N) is 1. The van der Waals surface area contributed by atoms with E-state index < -0.39 is 0 Å². The Kier molecular flexibility index (Phi) is 1.78. The van der Waals surface area contributed by atoms with Gasteiger partial charge in [-0.15, -0.1) is 0 Å².